The molecular weight excluding hydrogens is 346 g/mol. The summed E-state index contributed by atoms with van der Waals surface area (Å²) in [5.74, 6) is 0.962. The Hall–Kier alpha value is -3.03. The van der Waals surface area contributed by atoms with Gasteiger partial charge in [0.05, 0.1) is 18.4 Å². The van der Waals surface area contributed by atoms with Crippen molar-refractivity contribution in [1.82, 2.24) is 24.5 Å². The van der Waals surface area contributed by atoms with Crippen LogP contribution in [0.15, 0.2) is 29.1 Å². The number of methoxy groups -OCH3 is 1. The summed E-state index contributed by atoms with van der Waals surface area (Å²) < 4.78 is 8.36. The molecule has 4 rings (SSSR count). The Morgan fingerprint density at radius 1 is 1.26 bits per heavy atom. The van der Waals surface area contributed by atoms with E-state index in [1.165, 1.54) is 11.8 Å². The van der Waals surface area contributed by atoms with E-state index < -0.39 is 0 Å². The van der Waals surface area contributed by atoms with Crippen LogP contribution in [-0.4, -0.2) is 37.6 Å². The minimum absolute atomic E-state index is 0.0969. The number of rotatable bonds is 4. The van der Waals surface area contributed by atoms with E-state index in [9.17, 15) is 9.59 Å². The molecule has 0 saturated carbocycles. The third-order valence-corrected chi connectivity index (χ3v) is 5.01. The van der Waals surface area contributed by atoms with Crippen LogP contribution in [0, 0.1) is 5.92 Å². The van der Waals surface area contributed by atoms with Gasteiger partial charge in [0.2, 0.25) is 0 Å². The van der Waals surface area contributed by atoms with Gasteiger partial charge in [-0.15, -0.1) is 10.2 Å². The number of aryl methyl sites for hydroxylation is 1. The molecule has 0 amide bonds. The van der Waals surface area contributed by atoms with Gasteiger partial charge in [0.25, 0.3) is 5.56 Å². The summed E-state index contributed by atoms with van der Waals surface area (Å²) in [5, 5.41) is 14.6. The topological polar surface area (TPSA) is 91.9 Å². The fraction of sp³-hybridized carbons (Fsp3) is 0.421. The van der Waals surface area contributed by atoms with Crippen molar-refractivity contribution in [2.75, 3.05) is 7.11 Å². The molecule has 0 spiro atoms. The van der Waals surface area contributed by atoms with Crippen LogP contribution in [-0.2, 0) is 29.0 Å². The largest absolute Gasteiger partial charge is 0.469 e. The monoisotopic (exact) mass is 367 g/mol. The zero-order chi connectivity index (χ0) is 19.0. The van der Waals surface area contributed by atoms with E-state index in [1.807, 2.05) is 35.8 Å². The van der Waals surface area contributed by atoms with E-state index in [-0.39, 0.29) is 17.4 Å². The fourth-order valence-corrected chi connectivity index (χ4v) is 3.64. The van der Waals surface area contributed by atoms with Crippen molar-refractivity contribution in [2.45, 2.75) is 39.3 Å². The van der Waals surface area contributed by atoms with Crippen LogP contribution in [0.4, 0.5) is 0 Å². The number of nitrogens with zero attached hydrogens (tertiary/aromatic N) is 5. The first-order valence-corrected chi connectivity index (χ1v) is 9.14. The number of hydrogen-bond donors (Lipinski definition) is 0. The number of aromatic nitrogens is 5. The maximum atomic E-state index is 12.7. The van der Waals surface area contributed by atoms with Crippen molar-refractivity contribution in [3.8, 4) is 11.5 Å². The molecule has 27 heavy (non-hydrogen) atoms. The third kappa shape index (κ3) is 2.90. The Morgan fingerprint density at radius 2 is 2.04 bits per heavy atom. The lowest BCUT2D eigenvalue weighted by Gasteiger charge is -2.21. The SMILES string of the molecule is CCCn1nc(-c2nnc3n2CCC(C(=O)OC)C3)c2ccccc2c1=O. The highest BCUT2D eigenvalue weighted by molar-refractivity contribution is 5.92. The number of fused-ring (bicyclic) bond motifs is 2. The van der Waals surface area contributed by atoms with E-state index in [1.54, 1.807) is 0 Å². The molecule has 8 nitrogen and oxygen atoms in total. The second kappa shape index (κ2) is 6.94. The minimum Gasteiger partial charge on any atom is -0.469 e. The summed E-state index contributed by atoms with van der Waals surface area (Å²) in [6, 6.07) is 7.44. The summed E-state index contributed by atoms with van der Waals surface area (Å²) in [4.78, 5) is 24.5. The molecule has 0 bridgehead atoms. The predicted octanol–water partition coefficient (Wildman–Crippen LogP) is 1.80. The Morgan fingerprint density at radius 3 is 2.78 bits per heavy atom. The predicted molar refractivity (Wildman–Crippen MR) is 99.1 cm³/mol. The molecule has 2 aromatic heterocycles. The molecule has 8 heteroatoms. The molecule has 1 aromatic carbocycles. The molecule has 0 aliphatic carbocycles. The summed E-state index contributed by atoms with van der Waals surface area (Å²) in [6.45, 7) is 3.16. The Bertz CT molecular complexity index is 1070. The highest BCUT2D eigenvalue weighted by atomic mass is 16.5. The van der Waals surface area contributed by atoms with Gasteiger partial charge >= 0.3 is 5.97 Å². The molecular formula is C19H21N5O3. The van der Waals surface area contributed by atoms with Crippen molar-refractivity contribution in [3.63, 3.8) is 0 Å². The number of esters is 1. The summed E-state index contributed by atoms with van der Waals surface area (Å²) in [5.41, 5.74) is 0.550. The van der Waals surface area contributed by atoms with E-state index >= 15 is 0 Å². The van der Waals surface area contributed by atoms with E-state index in [4.69, 9.17) is 4.74 Å². The lowest BCUT2D eigenvalue weighted by atomic mass is 9.98. The number of carbonyl (C=O) groups is 1. The smallest absolute Gasteiger partial charge is 0.309 e. The van der Waals surface area contributed by atoms with Crippen molar-refractivity contribution in [1.29, 1.82) is 0 Å². The summed E-state index contributed by atoms with van der Waals surface area (Å²) in [7, 11) is 1.40. The number of benzene rings is 1. The normalized spacial score (nSPS) is 16.3. The van der Waals surface area contributed by atoms with Crippen molar-refractivity contribution in [2.24, 2.45) is 5.92 Å². The van der Waals surface area contributed by atoms with E-state index in [0.717, 1.165) is 17.6 Å². The highest BCUT2D eigenvalue weighted by Gasteiger charge is 2.29. The molecule has 0 fully saturated rings. The van der Waals surface area contributed by atoms with Gasteiger partial charge in [-0.25, -0.2) is 4.68 Å². The first-order valence-electron chi connectivity index (χ1n) is 9.14. The van der Waals surface area contributed by atoms with Gasteiger partial charge in [0.15, 0.2) is 5.82 Å². The van der Waals surface area contributed by atoms with E-state index in [0.29, 0.717) is 42.8 Å². The quantitative estimate of drug-likeness (QED) is 0.653. The van der Waals surface area contributed by atoms with Crippen molar-refractivity contribution in [3.05, 3.63) is 40.4 Å². The van der Waals surface area contributed by atoms with Crippen molar-refractivity contribution < 1.29 is 9.53 Å². The van der Waals surface area contributed by atoms with Gasteiger partial charge in [-0.1, -0.05) is 25.1 Å². The first-order chi connectivity index (χ1) is 13.1. The number of hydrogen-bond acceptors (Lipinski definition) is 6. The Balaban J connectivity index is 1.85. The maximum Gasteiger partial charge on any atom is 0.309 e. The molecule has 1 atom stereocenters. The Labute approximate surface area is 155 Å². The van der Waals surface area contributed by atoms with Crippen LogP contribution in [0.3, 0.4) is 0 Å². The molecule has 1 aliphatic heterocycles. The zero-order valence-electron chi connectivity index (χ0n) is 15.4. The molecule has 0 saturated heterocycles. The second-order valence-electron chi connectivity index (χ2n) is 6.73. The lowest BCUT2D eigenvalue weighted by Crippen LogP contribution is -2.28. The number of ether oxygens (including phenoxy) is 1. The third-order valence-electron chi connectivity index (χ3n) is 5.01. The maximum absolute atomic E-state index is 12.7. The van der Waals surface area contributed by atoms with Crippen LogP contribution in [0.2, 0.25) is 0 Å². The molecule has 1 unspecified atom stereocenters. The van der Waals surface area contributed by atoms with E-state index in [2.05, 4.69) is 15.3 Å². The summed E-state index contributed by atoms with van der Waals surface area (Å²) in [6.07, 6.45) is 1.97. The fourth-order valence-electron chi connectivity index (χ4n) is 3.64. The standard InChI is InChI=1S/C19H21N5O3/c1-3-9-24-18(25)14-7-5-4-6-13(14)16(22-24)17-21-20-15-11-12(19(26)27-2)8-10-23(15)17/h4-7,12H,3,8-11H2,1-2H3. The van der Waals surface area contributed by atoms with Crippen LogP contribution in [0.1, 0.15) is 25.6 Å². The van der Waals surface area contributed by atoms with Crippen LogP contribution < -0.4 is 5.56 Å². The van der Waals surface area contributed by atoms with Gasteiger partial charge in [0.1, 0.15) is 11.5 Å². The van der Waals surface area contributed by atoms with Gasteiger partial charge < -0.3 is 9.30 Å². The molecule has 0 N–H and O–H groups in total. The molecule has 3 aromatic rings. The highest BCUT2D eigenvalue weighted by Crippen LogP contribution is 2.28. The molecule has 1 aliphatic rings. The zero-order valence-corrected chi connectivity index (χ0v) is 15.4. The van der Waals surface area contributed by atoms with Crippen LogP contribution in [0.25, 0.3) is 22.3 Å². The van der Waals surface area contributed by atoms with Gasteiger partial charge in [-0.05, 0) is 18.9 Å². The van der Waals surface area contributed by atoms with Gasteiger partial charge in [-0.2, -0.15) is 5.10 Å². The second-order valence-corrected chi connectivity index (χ2v) is 6.73. The lowest BCUT2D eigenvalue weighted by molar-refractivity contribution is -0.146. The Kier molecular flexibility index (Phi) is 4.47. The minimum atomic E-state index is -0.217. The first kappa shape index (κ1) is 17.4. The van der Waals surface area contributed by atoms with Gasteiger partial charge in [-0.3, -0.25) is 9.59 Å². The number of carbonyl (C=O) groups excluding carboxylic acids is 1. The van der Waals surface area contributed by atoms with Crippen molar-refractivity contribution >= 4 is 16.7 Å². The summed E-state index contributed by atoms with van der Waals surface area (Å²) >= 11 is 0. The molecule has 3 heterocycles. The average molecular weight is 367 g/mol. The van der Waals surface area contributed by atoms with Gasteiger partial charge in [0, 0.05) is 24.9 Å². The molecule has 140 valence electrons. The average Bonchev–Trinajstić information content (AvgIpc) is 3.12. The van der Waals surface area contributed by atoms with Crippen LogP contribution >= 0.6 is 0 Å². The molecule has 0 radical (unpaired) electrons. The van der Waals surface area contributed by atoms with Crippen LogP contribution in [0.5, 0.6) is 0 Å².